The van der Waals surface area contributed by atoms with Crippen molar-refractivity contribution in [3.63, 3.8) is 0 Å². The van der Waals surface area contributed by atoms with Gasteiger partial charge in [0.25, 0.3) is 0 Å². The minimum atomic E-state index is -4.39. The van der Waals surface area contributed by atoms with E-state index in [0.29, 0.717) is 16.1 Å². The van der Waals surface area contributed by atoms with Gasteiger partial charge in [0.05, 0.1) is 5.56 Å². The first kappa shape index (κ1) is 14.2. The predicted molar refractivity (Wildman–Crippen MR) is 71.4 cm³/mol. The summed E-state index contributed by atoms with van der Waals surface area (Å²) in [6.07, 6.45) is -4.39. The molecule has 0 unspecified atom stereocenters. The highest BCUT2D eigenvalue weighted by atomic mass is 35.5. The molecule has 0 radical (unpaired) electrons. The van der Waals surface area contributed by atoms with Gasteiger partial charge in [0.15, 0.2) is 0 Å². The molecule has 0 aliphatic heterocycles. The maximum Gasteiger partial charge on any atom is 0.417 e. The Hall–Kier alpha value is -1.19. The molecule has 0 N–H and O–H groups in total. The third-order valence-corrected chi connectivity index (χ3v) is 3.39. The highest BCUT2D eigenvalue weighted by molar-refractivity contribution is 6.32. The smallest absolute Gasteiger partial charge is 0.166 e. The van der Waals surface area contributed by atoms with E-state index in [9.17, 15) is 13.2 Å². The fourth-order valence-corrected chi connectivity index (χ4v) is 2.30. The Kier molecular flexibility index (Phi) is 4.07. The van der Waals surface area contributed by atoms with Gasteiger partial charge in [0, 0.05) is 10.9 Å². The molecular formula is C14H9Cl2F3. The molecular weight excluding hydrogens is 296 g/mol. The maximum absolute atomic E-state index is 12.9. The third kappa shape index (κ3) is 3.04. The summed E-state index contributed by atoms with van der Waals surface area (Å²) < 4.78 is 38.8. The Morgan fingerprint density at radius 3 is 2.32 bits per heavy atom. The van der Waals surface area contributed by atoms with Crippen molar-refractivity contribution in [1.29, 1.82) is 0 Å². The summed E-state index contributed by atoms with van der Waals surface area (Å²) in [6, 6.07) is 10.1. The quantitative estimate of drug-likeness (QED) is 0.618. The monoisotopic (exact) mass is 304 g/mol. The number of hydrogen-bond donors (Lipinski definition) is 0. The average molecular weight is 305 g/mol. The first-order valence-corrected chi connectivity index (χ1v) is 6.35. The molecule has 0 spiro atoms. The minimum absolute atomic E-state index is 0.123. The molecule has 0 aliphatic carbocycles. The van der Waals surface area contributed by atoms with E-state index in [0.717, 1.165) is 6.07 Å². The van der Waals surface area contributed by atoms with Crippen LogP contribution >= 0.6 is 23.2 Å². The second-order valence-electron chi connectivity index (χ2n) is 3.98. The van der Waals surface area contributed by atoms with Crippen LogP contribution in [-0.2, 0) is 12.1 Å². The topological polar surface area (TPSA) is 0 Å². The molecule has 100 valence electrons. The second-order valence-corrected chi connectivity index (χ2v) is 4.66. The molecule has 2 aromatic carbocycles. The van der Waals surface area contributed by atoms with E-state index in [1.165, 1.54) is 12.1 Å². The van der Waals surface area contributed by atoms with Gasteiger partial charge in [-0.05, 0) is 34.9 Å². The van der Waals surface area contributed by atoms with Crippen molar-refractivity contribution in [2.45, 2.75) is 12.1 Å². The van der Waals surface area contributed by atoms with Crippen molar-refractivity contribution < 1.29 is 13.2 Å². The maximum atomic E-state index is 12.9. The molecule has 0 atom stereocenters. The molecule has 0 aliphatic rings. The van der Waals surface area contributed by atoms with Crippen LogP contribution in [0.2, 0.25) is 5.02 Å². The molecule has 0 fully saturated rings. The van der Waals surface area contributed by atoms with Gasteiger partial charge in [-0.1, -0.05) is 35.9 Å². The summed E-state index contributed by atoms with van der Waals surface area (Å²) in [4.78, 5) is 0. The molecule has 5 heteroatoms. The Balaban J connectivity index is 2.59. The van der Waals surface area contributed by atoms with Gasteiger partial charge in [0.1, 0.15) is 0 Å². The van der Waals surface area contributed by atoms with Crippen LogP contribution in [0.5, 0.6) is 0 Å². The van der Waals surface area contributed by atoms with Crippen LogP contribution in [0, 0.1) is 0 Å². The molecule has 0 heterocycles. The van der Waals surface area contributed by atoms with Gasteiger partial charge in [0.2, 0.25) is 0 Å². The zero-order valence-corrected chi connectivity index (χ0v) is 11.2. The number of benzene rings is 2. The second kappa shape index (κ2) is 5.43. The number of halogens is 5. The van der Waals surface area contributed by atoms with Crippen LogP contribution < -0.4 is 0 Å². The largest absolute Gasteiger partial charge is 0.417 e. The molecule has 19 heavy (non-hydrogen) atoms. The van der Waals surface area contributed by atoms with Crippen molar-refractivity contribution in [3.05, 3.63) is 58.6 Å². The Morgan fingerprint density at radius 1 is 1.00 bits per heavy atom. The van der Waals surface area contributed by atoms with Crippen LogP contribution in [-0.4, -0.2) is 0 Å². The average Bonchev–Trinajstić information content (AvgIpc) is 2.38. The normalized spacial score (nSPS) is 11.6. The molecule has 0 aromatic heterocycles. The van der Waals surface area contributed by atoms with Crippen LogP contribution in [0.3, 0.4) is 0 Å². The van der Waals surface area contributed by atoms with E-state index in [1.807, 2.05) is 0 Å². The van der Waals surface area contributed by atoms with E-state index in [2.05, 4.69) is 0 Å². The Labute approximate surface area is 118 Å². The first-order chi connectivity index (χ1) is 8.93. The summed E-state index contributed by atoms with van der Waals surface area (Å²) in [5, 5.41) is 0.447. The van der Waals surface area contributed by atoms with Crippen molar-refractivity contribution in [2.75, 3.05) is 0 Å². The predicted octanol–water partition coefficient (Wildman–Crippen LogP) is 5.76. The summed E-state index contributed by atoms with van der Waals surface area (Å²) in [5.74, 6) is 0.154. The molecule has 2 rings (SSSR count). The Bertz CT molecular complexity index is 591. The lowest BCUT2D eigenvalue weighted by Gasteiger charge is -2.13. The zero-order chi connectivity index (χ0) is 14.0. The van der Waals surface area contributed by atoms with Crippen LogP contribution in [0.15, 0.2) is 42.5 Å². The third-order valence-electron chi connectivity index (χ3n) is 2.73. The van der Waals surface area contributed by atoms with Gasteiger partial charge in [-0.3, -0.25) is 0 Å². The van der Waals surface area contributed by atoms with Crippen LogP contribution in [0.25, 0.3) is 11.1 Å². The van der Waals surface area contributed by atoms with E-state index < -0.39 is 11.7 Å². The van der Waals surface area contributed by atoms with Gasteiger partial charge < -0.3 is 0 Å². The summed E-state index contributed by atoms with van der Waals surface area (Å²) in [7, 11) is 0. The molecule has 0 saturated heterocycles. The molecule has 0 saturated carbocycles. The highest BCUT2D eigenvalue weighted by Crippen LogP contribution is 2.37. The van der Waals surface area contributed by atoms with Crippen molar-refractivity contribution in [2.24, 2.45) is 0 Å². The van der Waals surface area contributed by atoms with E-state index in [-0.39, 0.29) is 11.4 Å². The lowest BCUT2D eigenvalue weighted by molar-refractivity contribution is -0.137. The fraction of sp³-hybridized carbons (Fsp3) is 0.143. The van der Waals surface area contributed by atoms with Crippen LogP contribution in [0.1, 0.15) is 11.1 Å². The number of alkyl halides is 4. The van der Waals surface area contributed by atoms with Crippen molar-refractivity contribution in [1.82, 2.24) is 0 Å². The van der Waals surface area contributed by atoms with Gasteiger partial charge in [-0.25, -0.2) is 0 Å². The molecule has 0 amide bonds. The van der Waals surface area contributed by atoms with Gasteiger partial charge in [-0.15, -0.1) is 11.6 Å². The SMILES string of the molecule is FC(F)(F)c1ccccc1-c1ccc(Cl)c(CCl)c1. The molecule has 0 bridgehead atoms. The van der Waals surface area contributed by atoms with Gasteiger partial charge in [-0.2, -0.15) is 13.2 Å². The van der Waals surface area contributed by atoms with E-state index in [4.69, 9.17) is 23.2 Å². The van der Waals surface area contributed by atoms with Crippen LogP contribution in [0.4, 0.5) is 13.2 Å². The lowest BCUT2D eigenvalue weighted by Crippen LogP contribution is -2.06. The highest BCUT2D eigenvalue weighted by Gasteiger charge is 2.33. The minimum Gasteiger partial charge on any atom is -0.166 e. The lowest BCUT2D eigenvalue weighted by atomic mass is 9.98. The van der Waals surface area contributed by atoms with Crippen molar-refractivity contribution in [3.8, 4) is 11.1 Å². The number of hydrogen-bond acceptors (Lipinski definition) is 0. The summed E-state index contributed by atoms with van der Waals surface area (Å²) >= 11 is 11.6. The summed E-state index contributed by atoms with van der Waals surface area (Å²) in [5.41, 5.74) is 0.515. The standard InChI is InChI=1S/C14H9Cl2F3/c15-8-10-7-9(5-6-13(10)16)11-3-1-2-4-12(11)14(17,18)19/h1-7H,8H2. The number of rotatable bonds is 2. The fourth-order valence-electron chi connectivity index (χ4n) is 1.83. The zero-order valence-electron chi connectivity index (χ0n) is 9.64. The Morgan fingerprint density at radius 2 is 1.68 bits per heavy atom. The van der Waals surface area contributed by atoms with Gasteiger partial charge >= 0.3 is 6.18 Å². The van der Waals surface area contributed by atoms with E-state index in [1.54, 1.807) is 24.3 Å². The molecule has 0 nitrogen and oxygen atoms in total. The van der Waals surface area contributed by atoms with E-state index >= 15 is 0 Å². The summed E-state index contributed by atoms with van der Waals surface area (Å²) in [6.45, 7) is 0. The van der Waals surface area contributed by atoms with Crippen molar-refractivity contribution >= 4 is 23.2 Å². The molecule has 2 aromatic rings. The first-order valence-electron chi connectivity index (χ1n) is 5.44.